The maximum absolute atomic E-state index is 10.1. The monoisotopic (exact) mass is 245 g/mol. The van der Waals surface area contributed by atoms with Crippen molar-refractivity contribution in [1.82, 2.24) is 4.90 Å². The molecule has 2 bridgehead atoms. The second kappa shape index (κ2) is 4.82. The molecule has 4 N–H and O–H groups in total. The van der Waals surface area contributed by atoms with Crippen LogP contribution in [-0.2, 0) is 0 Å². The fourth-order valence-corrected chi connectivity index (χ4v) is 3.45. The van der Waals surface area contributed by atoms with Gasteiger partial charge < -0.3 is 20.4 Å². The SMILES string of the molecule is CCCCN1[C@H]2CC[C@@H](O)[C@]1(CO)[C@H](O)[C@H]2O. The first-order valence-electron chi connectivity index (χ1n) is 6.51. The molecule has 2 heterocycles. The number of unbranched alkanes of at least 4 members (excludes halogenated alkanes) is 1. The minimum absolute atomic E-state index is 0.132. The van der Waals surface area contributed by atoms with Crippen molar-refractivity contribution in [1.29, 1.82) is 0 Å². The van der Waals surface area contributed by atoms with E-state index in [4.69, 9.17) is 0 Å². The summed E-state index contributed by atoms with van der Waals surface area (Å²) in [4.78, 5) is 1.93. The predicted octanol–water partition coefficient (Wildman–Crippen LogP) is -0.922. The van der Waals surface area contributed by atoms with E-state index < -0.39 is 23.9 Å². The Morgan fingerprint density at radius 1 is 1.24 bits per heavy atom. The molecule has 0 aromatic carbocycles. The summed E-state index contributed by atoms with van der Waals surface area (Å²) in [7, 11) is 0. The molecular formula is C12H23NO4. The highest BCUT2D eigenvalue weighted by molar-refractivity contribution is 5.17. The number of hydrogen-bond donors (Lipinski definition) is 4. The van der Waals surface area contributed by atoms with E-state index in [-0.39, 0.29) is 12.6 Å². The number of piperidine rings is 1. The maximum atomic E-state index is 10.1. The topological polar surface area (TPSA) is 84.2 Å². The van der Waals surface area contributed by atoms with Gasteiger partial charge in [-0.05, 0) is 25.8 Å². The van der Waals surface area contributed by atoms with Gasteiger partial charge in [-0.1, -0.05) is 13.3 Å². The lowest BCUT2D eigenvalue weighted by Crippen LogP contribution is -2.64. The van der Waals surface area contributed by atoms with E-state index in [0.717, 1.165) is 12.8 Å². The van der Waals surface area contributed by atoms with Crippen molar-refractivity contribution in [3.63, 3.8) is 0 Å². The Labute approximate surface area is 102 Å². The zero-order valence-electron chi connectivity index (χ0n) is 10.3. The quantitative estimate of drug-likeness (QED) is 0.515. The summed E-state index contributed by atoms with van der Waals surface area (Å²) in [6, 6.07) is -0.132. The molecular weight excluding hydrogens is 222 g/mol. The normalized spacial score (nSPS) is 46.4. The number of hydrogen-bond acceptors (Lipinski definition) is 5. The third kappa shape index (κ3) is 1.72. The molecule has 2 aliphatic rings. The summed E-state index contributed by atoms with van der Waals surface area (Å²) in [6.45, 7) is 2.46. The average Bonchev–Trinajstić information content (AvgIpc) is 2.49. The second-order valence-corrected chi connectivity index (χ2v) is 5.29. The molecule has 2 rings (SSSR count). The molecule has 17 heavy (non-hydrogen) atoms. The molecule has 0 saturated carbocycles. The van der Waals surface area contributed by atoms with Gasteiger partial charge >= 0.3 is 0 Å². The molecule has 0 radical (unpaired) electrons. The summed E-state index contributed by atoms with van der Waals surface area (Å²) >= 11 is 0. The minimum atomic E-state index is -1.06. The van der Waals surface area contributed by atoms with Crippen LogP contribution >= 0.6 is 0 Å². The Morgan fingerprint density at radius 3 is 2.53 bits per heavy atom. The van der Waals surface area contributed by atoms with E-state index in [2.05, 4.69) is 6.92 Å². The van der Waals surface area contributed by atoms with Gasteiger partial charge in [0.2, 0.25) is 0 Å². The third-order valence-electron chi connectivity index (χ3n) is 4.48. The van der Waals surface area contributed by atoms with Crippen LogP contribution in [0.15, 0.2) is 0 Å². The lowest BCUT2D eigenvalue weighted by atomic mass is 9.84. The van der Waals surface area contributed by atoms with E-state index in [9.17, 15) is 20.4 Å². The molecule has 2 aliphatic heterocycles. The van der Waals surface area contributed by atoms with Gasteiger partial charge in [-0.3, -0.25) is 4.90 Å². The van der Waals surface area contributed by atoms with Crippen LogP contribution in [0.2, 0.25) is 0 Å². The highest BCUT2D eigenvalue weighted by Crippen LogP contribution is 2.44. The van der Waals surface area contributed by atoms with Crippen LogP contribution in [0.5, 0.6) is 0 Å². The summed E-state index contributed by atoms with van der Waals surface area (Å²) in [5.74, 6) is 0. The number of rotatable bonds is 4. The first kappa shape index (κ1) is 13.2. The summed E-state index contributed by atoms with van der Waals surface area (Å²) in [5.41, 5.74) is -1.06. The molecule has 2 fully saturated rings. The number of aliphatic hydroxyl groups excluding tert-OH is 4. The van der Waals surface area contributed by atoms with Gasteiger partial charge in [0, 0.05) is 6.04 Å². The van der Waals surface area contributed by atoms with Gasteiger partial charge in [0.05, 0.1) is 24.4 Å². The van der Waals surface area contributed by atoms with Crippen LogP contribution in [0.3, 0.4) is 0 Å². The first-order valence-corrected chi connectivity index (χ1v) is 6.51. The zero-order chi connectivity index (χ0) is 12.6. The lowest BCUT2D eigenvalue weighted by molar-refractivity contribution is -0.121. The second-order valence-electron chi connectivity index (χ2n) is 5.29. The van der Waals surface area contributed by atoms with E-state index in [0.29, 0.717) is 19.4 Å². The molecule has 0 aliphatic carbocycles. The Hall–Kier alpha value is -0.200. The fraction of sp³-hybridized carbons (Fsp3) is 1.00. The van der Waals surface area contributed by atoms with Crippen LogP contribution in [0.1, 0.15) is 32.6 Å². The van der Waals surface area contributed by atoms with E-state index >= 15 is 0 Å². The Morgan fingerprint density at radius 2 is 1.94 bits per heavy atom. The fourth-order valence-electron chi connectivity index (χ4n) is 3.45. The molecule has 0 amide bonds. The third-order valence-corrected chi connectivity index (χ3v) is 4.48. The average molecular weight is 245 g/mol. The van der Waals surface area contributed by atoms with Gasteiger partial charge in [0.25, 0.3) is 0 Å². The highest BCUT2D eigenvalue weighted by Gasteiger charge is 2.63. The molecule has 5 nitrogen and oxygen atoms in total. The Kier molecular flexibility index (Phi) is 3.75. The number of fused-ring (bicyclic) bond motifs is 2. The van der Waals surface area contributed by atoms with Gasteiger partial charge in [0.1, 0.15) is 6.10 Å². The maximum Gasteiger partial charge on any atom is 0.105 e. The smallest absolute Gasteiger partial charge is 0.105 e. The lowest BCUT2D eigenvalue weighted by Gasteiger charge is -2.47. The van der Waals surface area contributed by atoms with Crippen molar-refractivity contribution >= 4 is 0 Å². The first-order chi connectivity index (χ1) is 8.09. The zero-order valence-corrected chi connectivity index (χ0v) is 10.3. The van der Waals surface area contributed by atoms with E-state index in [1.807, 2.05) is 4.90 Å². The minimum Gasteiger partial charge on any atom is -0.394 e. The summed E-state index contributed by atoms with van der Waals surface area (Å²) < 4.78 is 0. The van der Waals surface area contributed by atoms with Crippen molar-refractivity contribution < 1.29 is 20.4 Å². The van der Waals surface area contributed by atoms with Crippen molar-refractivity contribution in [2.75, 3.05) is 13.2 Å². The molecule has 5 atom stereocenters. The van der Waals surface area contributed by atoms with Gasteiger partial charge in [-0.2, -0.15) is 0 Å². The molecule has 0 unspecified atom stereocenters. The molecule has 5 heteroatoms. The van der Waals surface area contributed by atoms with Crippen LogP contribution in [0.25, 0.3) is 0 Å². The molecule has 2 saturated heterocycles. The van der Waals surface area contributed by atoms with Crippen molar-refractivity contribution in [2.45, 2.75) is 62.5 Å². The van der Waals surface area contributed by atoms with E-state index in [1.165, 1.54) is 0 Å². The number of nitrogens with zero attached hydrogens (tertiary/aromatic N) is 1. The van der Waals surface area contributed by atoms with Crippen molar-refractivity contribution in [2.24, 2.45) is 0 Å². The molecule has 0 aromatic rings. The summed E-state index contributed by atoms with van der Waals surface area (Å²) in [5, 5.41) is 39.9. The van der Waals surface area contributed by atoms with E-state index in [1.54, 1.807) is 0 Å². The molecule has 100 valence electrons. The number of aliphatic hydroxyl groups is 4. The predicted molar refractivity (Wildman–Crippen MR) is 62.5 cm³/mol. The van der Waals surface area contributed by atoms with Crippen LogP contribution in [-0.4, -0.2) is 68.4 Å². The molecule has 0 aromatic heterocycles. The summed E-state index contributed by atoms with van der Waals surface area (Å²) in [6.07, 6.45) is 0.445. The van der Waals surface area contributed by atoms with Gasteiger partial charge in [0.15, 0.2) is 0 Å². The van der Waals surface area contributed by atoms with Gasteiger partial charge in [-0.15, -0.1) is 0 Å². The van der Waals surface area contributed by atoms with Crippen LogP contribution in [0.4, 0.5) is 0 Å². The Bertz CT molecular complexity index is 275. The molecule has 0 spiro atoms. The van der Waals surface area contributed by atoms with Crippen LogP contribution < -0.4 is 0 Å². The standard InChI is InChI=1S/C12H23NO4/c1-2-3-6-13-8-4-5-9(15)12(13,7-14)11(17)10(8)16/h8-11,14-17H,2-7H2,1H3/t8-,9+,10-,11+,12+/m0/s1. The van der Waals surface area contributed by atoms with Crippen LogP contribution in [0, 0.1) is 0 Å². The Balaban J connectivity index is 2.29. The van der Waals surface area contributed by atoms with Crippen molar-refractivity contribution in [3.8, 4) is 0 Å². The van der Waals surface area contributed by atoms with Crippen molar-refractivity contribution in [3.05, 3.63) is 0 Å². The van der Waals surface area contributed by atoms with Gasteiger partial charge in [-0.25, -0.2) is 0 Å². The highest BCUT2D eigenvalue weighted by atomic mass is 16.3. The largest absolute Gasteiger partial charge is 0.394 e.